The molecule has 1 saturated carbocycles. The third-order valence-electron chi connectivity index (χ3n) is 4.40. The van der Waals surface area contributed by atoms with Crippen LogP contribution in [-0.2, 0) is 5.41 Å². The number of piperidine rings is 1. The lowest BCUT2D eigenvalue weighted by Gasteiger charge is -2.24. The van der Waals surface area contributed by atoms with Crippen LogP contribution in [0.15, 0.2) is 18.2 Å². The lowest BCUT2D eigenvalue weighted by atomic mass is 9.95. The summed E-state index contributed by atoms with van der Waals surface area (Å²) in [5.74, 6) is 0.821. The van der Waals surface area contributed by atoms with E-state index >= 15 is 0 Å². The van der Waals surface area contributed by atoms with Crippen LogP contribution in [0.4, 0.5) is 0 Å². The molecule has 1 aromatic carbocycles. The van der Waals surface area contributed by atoms with Crippen LogP contribution in [0.25, 0.3) is 0 Å². The highest BCUT2D eigenvalue weighted by molar-refractivity contribution is 6.42. The molecule has 0 radical (unpaired) electrons. The highest BCUT2D eigenvalue weighted by Crippen LogP contribution is 2.59. The van der Waals surface area contributed by atoms with Crippen molar-refractivity contribution in [3.05, 3.63) is 33.8 Å². The molecule has 0 aromatic heterocycles. The van der Waals surface area contributed by atoms with Gasteiger partial charge in [-0.3, -0.25) is 4.90 Å². The Morgan fingerprint density at radius 2 is 2.06 bits per heavy atom. The smallest absolute Gasteiger partial charge is 0.0595 e. The van der Waals surface area contributed by atoms with Gasteiger partial charge in [0.25, 0.3) is 0 Å². The second-order valence-corrected chi connectivity index (χ2v) is 6.52. The molecular weight excluding hydrogens is 253 g/mol. The fraction of sp³-hybridized carbons (Fsp3) is 0.571. The Labute approximate surface area is 113 Å². The summed E-state index contributed by atoms with van der Waals surface area (Å²) in [6, 6.07) is 6.79. The number of hydrogen-bond acceptors (Lipinski definition) is 1. The summed E-state index contributed by atoms with van der Waals surface area (Å²) in [4.78, 5) is 2.57. The molecule has 1 aromatic rings. The summed E-state index contributed by atoms with van der Waals surface area (Å²) in [5.41, 5.74) is 1.75. The first kappa shape index (κ1) is 11.8. The molecule has 1 aliphatic carbocycles. The summed E-state index contributed by atoms with van der Waals surface area (Å²) in [6.07, 6.45) is 1.31. The number of benzene rings is 1. The van der Waals surface area contributed by atoms with Crippen LogP contribution >= 0.6 is 23.2 Å². The van der Waals surface area contributed by atoms with Crippen molar-refractivity contribution in [3.8, 4) is 0 Å². The Bertz CT molecular complexity index is 458. The van der Waals surface area contributed by atoms with Gasteiger partial charge < -0.3 is 0 Å². The molecule has 92 valence electrons. The molecule has 3 rings (SSSR count). The quantitative estimate of drug-likeness (QED) is 0.785. The summed E-state index contributed by atoms with van der Waals surface area (Å²) in [7, 11) is 0. The molecule has 1 saturated heterocycles. The van der Waals surface area contributed by atoms with Gasteiger partial charge in [0.05, 0.1) is 10.0 Å². The van der Waals surface area contributed by atoms with E-state index in [-0.39, 0.29) is 0 Å². The highest BCUT2D eigenvalue weighted by atomic mass is 35.5. The molecule has 1 aliphatic heterocycles. The molecule has 1 heterocycles. The molecule has 1 unspecified atom stereocenters. The van der Waals surface area contributed by atoms with Gasteiger partial charge in [0.15, 0.2) is 0 Å². The van der Waals surface area contributed by atoms with Crippen molar-refractivity contribution in [2.45, 2.75) is 31.7 Å². The molecule has 17 heavy (non-hydrogen) atoms. The first-order chi connectivity index (χ1) is 8.03. The summed E-state index contributed by atoms with van der Waals surface area (Å²) in [5, 5.41) is 1.34. The SMILES string of the molecule is CC(C)N1CC2C[C@]2(c2ccc(Cl)c(Cl)c2)C1. The zero-order valence-corrected chi connectivity index (χ0v) is 11.7. The molecule has 2 fully saturated rings. The van der Waals surface area contributed by atoms with Gasteiger partial charge >= 0.3 is 0 Å². The Balaban J connectivity index is 1.88. The van der Waals surface area contributed by atoms with Crippen LogP contribution in [0.1, 0.15) is 25.8 Å². The van der Waals surface area contributed by atoms with E-state index in [4.69, 9.17) is 23.2 Å². The van der Waals surface area contributed by atoms with Gasteiger partial charge in [0.1, 0.15) is 0 Å². The third kappa shape index (κ3) is 1.80. The topological polar surface area (TPSA) is 3.24 Å². The summed E-state index contributed by atoms with van der Waals surface area (Å²) < 4.78 is 0. The van der Waals surface area contributed by atoms with Gasteiger partial charge in [0.2, 0.25) is 0 Å². The number of hydrogen-bond donors (Lipinski definition) is 0. The van der Waals surface area contributed by atoms with E-state index < -0.39 is 0 Å². The van der Waals surface area contributed by atoms with Gasteiger partial charge in [-0.15, -0.1) is 0 Å². The maximum atomic E-state index is 6.13. The number of rotatable bonds is 2. The molecule has 3 heteroatoms. The molecular formula is C14H17Cl2N. The Hall–Kier alpha value is -0.240. The van der Waals surface area contributed by atoms with Crippen molar-refractivity contribution >= 4 is 23.2 Å². The minimum absolute atomic E-state index is 0.374. The summed E-state index contributed by atoms with van der Waals surface area (Å²) >= 11 is 12.1. The molecule has 0 spiro atoms. The van der Waals surface area contributed by atoms with Crippen LogP contribution in [0.3, 0.4) is 0 Å². The lowest BCUT2D eigenvalue weighted by Crippen LogP contribution is -2.32. The average molecular weight is 270 g/mol. The minimum atomic E-state index is 0.374. The van der Waals surface area contributed by atoms with Crippen LogP contribution in [0.2, 0.25) is 10.0 Å². The molecule has 1 nitrogen and oxygen atoms in total. The normalized spacial score (nSPS) is 31.9. The van der Waals surface area contributed by atoms with Crippen molar-refractivity contribution in [1.29, 1.82) is 0 Å². The van der Waals surface area contributed by atoms with E-state index in [0.717, 1.165) is 5.92 Å². The zero-order chi connectivity index (χ0) is 12.2. The second kappa shape index (κ2) is 3.88. The monoisotopic (exact) mass is 269 g/mol. The van der Waals surface area contributed by atoms with Gasteiger partial charge in [0, 0.05) is 24.5 Å². The lowest BCUT2D eigenvalue weighted by molar-refractivity contribution is 0.243. The Kier molecular flexibility index (Phi) is 2.70. The molecule has 0 bridgehead atoms. The first-order valence-electron chi connectivity index (χ1n) is 6.22. The molecule has 2 aliphatic rings. The van der Waals surface area contributed by atoms with E-state index in [0.29, 0.717) is 21.5 Å². The largest absolute Gasteiger partial charge is 0.300 e. The van der Waals surface area contributed by atoms with Crippen molar-refractivity contribution in [2.75, 3.05) is 13.1 Å². The van der Waals surface area contributed by atoms with Crippen molar-refractivity contribution in [3.63, 3.8) is 0 Å². The van der Waals surface area contributed by atoms with Gasteiger partial charge in [-0.25, -0.2) is 0 Å². The number of fused-ring (bicyclic) bond motifs is 1. The van der Waals surface area contributed by atoms with Gasteiger partial charge in [-0.2, -0.15) is 0 Å². The van der Waals surface area contributed by atoms with Gasteiger partial charge in [-0.1, -0.05) is 29.3 Å². The van der Waals surface area contributed by atoms with E-state index in [9.17, 15) is 0 Å². The fourth-order valence-electron chi connectivity index (χ4n) is 3.17. The molecule has 2 atom stereocenters. The van der Waals surface area contributed by atoms with E-state index in [2.05, 4.69) is 30.9 Å². The predicted octanol–water partition coefficient (Wildman–Crippen LogP) is 3.98. The maximum Gasteiger partial charge on any atom is 0.0595 e. The Morgan fingerprint density at radius 1 is 1.29 bits per heavy atom. The predicted molar refractivity (Wildman–Crippen MR) is 73.0 cm³/mol. The standard InChI is InChI=1S/C14H17Cl2N/c1-9(2)17-7-11-6-14(11,8-17)10-3-4-12(15)13(16)5-10/h3-5,9,11H,6-8H2,1-2H3/t11?,14-/m1/s1. The maximum absolute atomic E-state index is 6.13. The fourth-order valence-corrected chi connectivity index (χ4v) is 3.47. The Morgan fingerprint density at radius 3 is 2.65 bits per heavy atom. The molecule has 0 N–H and O–H groups in total. The first-order valence-corrected chi connectivity index (χ1v) is 6.98. The molecule has 0 amide bonds. The van der Waals surface area contributed by atoms with Crippen molar-refractivity contribution < 1.29 is 0 Å². The second-order valence-electron chi connectivity index (χ2n) is 5.71. The van der Waals surface area contributed by atoms with Crippen LogP contribution in [-0.4, -0.2) is 24.0 Å². The van der Waals surface area contributed by atoms with Crippen molar-refractivity contribution in [1.82, 2.24) is 4.90 Å². The van der Waals surface area contributed by atoms with Crippen LogP contribution in [0, 0.1) is 5.92 Å². The van der Waals surface area contributed by atoms with Crippen LogP contribution < -0.4 is 0 Å². The number of nitrogens with zero attached hydrogens (tertiary/aromatic N) is 1. The highest BCUT2D eigenvalue weighted by Gasteiger charge is 2.60. The number of halogens is 2. The van der Waals surface area contributed by atoms with Gasteiger partial charge in [-0.05, 0) is 43.9 Å². The van der Waals surface area contributed by atoms with Crippen LogP contribution in [0.5, 0.6) is 0 Å². The third-order valence-corrected chi connectivity index (χ3v) is 5.14. The number of likely N-dealkylation sites (tertiary alicyclic amines) is 1. The summed E-state index contributed by atoms with van der Waals surface area (Å²) in [6.45, 7) is 6.95. The van der Waals surface area contributed by atoms with E-state index in [1.807, 2.05) is 6.07 Å². The zero-order valence-electron chi connectivity index (χ0n) is 10.2. The van der Waals surface area contributed by atoms with E-state index in [1.54, 1.807) is 0 Å². The van der Waals surface area contributed by atoms with E-state index in [1.165, 1.54) is 25.1 Å². The van der Waals surface area contributed by atoms with Crippen molar-refractivity contribution in [2.24, 2.45) is 5.92 Å². The average Bonchev–Trinajstić information content (AvgIpc) is 2.85. The minimum Gasteiger partial charge on any atom is -0.300 e.